The summed E-state index contributed by atoms with van der Waals surface area (Å²) in [5.74, 6) is -0.131. The molecule has 1 saturated carbocycles. The van der Waals surface area contributed by atoms with E-state index >= 15 is 0 Å². The molecule has 2 rings (SSSR count). The highest BCUT2D eigenvalue weighted by Crippen LogP contribution is 2.34. The lowest BCUT2D eigenvalue weighted by Crippen LogP contribution is -2.39. The van der Waals surface area contributed by atoms with Crippen molar-refractivity contribution in [3.63, 3.8) is 0 Å². The van der Waals surface area contributed by atoms with Gasteiger partial charge in [-0.1, -0.05) is 0 Å². The first-order chi connectivity index (χ1) is 6.26. The van der Waals surface area contributed by atoms with Crippen LogP contribution in [0.4, 0.5) is 0 Å². The third kappa shape index (κ3) is 1.71. The van der Waals surface area contributed by atoms with E-state index in [2.05, 4.69) is 10.3 Å². The van der Waals surface area contributed by atoms with Crippen LogP contribution in [0.1, 0.15) is 22.5 Å². The molecule has 4 nitrogen and oxygen atoms in total. The van der Waals surface area contributed by atoms with Crippen LogP contribution in [0.25, 0.3) is 0 Å². The second-order valence-electron chi connectivity index (χ2n) is 3.26. The Morgan fingerprint density at radius 1 is 1.77 bits per heavy atom. The number of carbonyl (C=O) groups excluding carboxylic acids is 1. The highest BCUT2D eigenvalue weighted by molar-refractivity contribution is 7.11. The lowest BCUT2D eigenvalue weighted by molar-refractivity contribution is 0.0911. The minimum atomic E-state index is -0.332. The van der Waals surface area contributed by atoms with Gasteiger partial charge in [0.15, 0.2) is 0 Å². The number of thiazole rings is 1. The number of carbonyl (C=O) groups is 1. The van der Waals surface area contributed by atoms with Gasteiger partial charge in [0.1, 0.15) is 4.88 Å². The average molecular weight is 198 g/mol. The number of aliphatic hydroxyl groups excluding tert-OH is 1. The highest BCUT2D eigenvalue weighted by Gasteiger charge is 2.43. The third-order valence-corrected chi connectivity index (χ3v) is 2.96. The van der Waals surface area contributed by atoms with E-state index in [4.69, 9.17) is 5.11 Å². The minimum absolute atomic E-state index is 0.0253. The van der Waals surface area contributed by atoms with E-state index in [1.807, 2.05) is 0 Å². The number of rotatable bonds is 3. The Bertz CT molecular complexity index is 306. The zero-order valence-electron chi connectivity index (χ0n) is 6.99. The summed E-state index contributed by atoms with van der Waals surface area (Å²) in [7, 11) is 0. The van der Waals surface area contributed by atoms with Gasteiger partial charge < -0.3 is 10.4 Å². The standard InChI is InChI=1S/C8H10N2O2S/c11-4-8(1-2-8)10-7(12)6-3-9-5-13-6/h3,5,11H,1-2,4H2,(H,10,12). The second-order valence-corrected chi connectivity index (χ2v) is 4.14. The van der Waals surface area contributed by atoms with E-state index in [1.54, 1.807) is 5.51 Å². The fourth-order valence-electron chi connectivity index (χ4n) is 1.10. The van der Waals surface area contributed by atoms with Gasteiger partial charge in [-0.15, -0.1) is 11.3 Å². The van der Waals surface area contributed by atoms with Gasteiger partial charge in [-0.3, -0.25) is 9.78 Å². The lowest BCUT2D eigenvalue weighted by Gasteiger charge is -2.12. The summed E-state index contributed by atoms with van der Waals surface area (Å²) in [5.41, 5.74) is 1.29. The van der Waals surface area contributed by atoms with Crippen LogP contribution in [-0.2, 0) is 0 Å². The summed E-state index contributed by atoms with van der Waals surface area (Å²) in [4.78, 5) is 15.9. The van der Waals surface area contributed by atoms with Crippen LogP contribution in [0.2, 0.25) is 0 Å². The largest absolute Gasteiger partial charge is 0.394 e. The van der Waals surface area contributed by atoms with Crippen molar-refractivity contribution in [2.24, 2.45) is 0 Å². The molecular weight excluding hydrogens is 188 g/mol. The SMILES string of the molecule is O=C(NC1(CO)CC1)c1cncs1. The molecule has 0 unspecified atom stereocenters. The highest BCUT2D eigenvalue weighted by atomic mass is 32.1. The molecule has 1 aliphatic rings. The molecule has 0 aliphatic heterocycles. The molecule has 0 atom stereocenters. The number of amides is 1. The van der Waals surface area contributed by atoms with E-state index in [9.17, 15) is 4.79 Å². The van der Waals surface area contributed by atoms with Crippen molar-refractivity contribution in [3.05, 3.63) is 16.6 Å². The van der Waals surface area contributed by atoms with Gasteiger partial charge in [-0.05, 0) is 12.8 Å². The van der Waals surface area contributed by atoms with Crippen molar-refractivity contribution in [2.75, 3.05) is 6.61 Å². The zero-order chi connectivity index (χ0) is 9.31. The molecule has 0 aromatic carbocycles. The molecular formula is C8H10N2O2S. The van der Waals surface area contributed by atoms with Gasteiger partial charge in [0.05, 0.1) is 23.9 Å². The number of nitrogens with zero attached hydrogens (tertiary/aromatic N) is 1. The van der Waals surface area contributed by atoms with Crippen LogP contribution in [0.3, 0.4) is 0 Å². The smallest absolute Gasteiger partial charge is 0.263 e. The Hall–Kier alpha value is -0.940. The monoisotopic (exact) mass is 198 g/mol. The fourth-order valence-corrected chi connectivity index (χ4v) is 1.62. The summed E-state index contributed by atoms with van der Waals surface area (Å²) < 4.78 is 0. The Labute approximate surface area is 79.6 Å². The quantitative estimate of drug-likeness (QED) is 0.739. The molecule has 0 bridgehead atoms. The summed E-state index contributed by atoms with van der Waals surface area (Å²) in [5, 5.41) is 11.8. The van der Waals surface area contributed by atoms with E-state index in [0.717, 1.165) is 12.8 Å². The molecule has 0 spiro atoms. The molecule has 2 N–H and O–H groups in total. The van der Waals surface area contributed by atoms with Crippen molar-refractivity contribution < 1.29 is 9.90 Å². The number of aromatic nitrogens is 1. The zero-order valence-corrected chi connectivity index (χ0v) is 7.80. The number of hydrogen-bond acceptors (Lipinski definition) is 4. The van der Waals surface area contributed by atoms with Crippen LogP contribution in [-0.4, -0.2) is 28.1 Å². The van der Waals surface area contributed by atoms with E-state index < -0.39 is 0 Å². The Morgan fingerprint density at radius 3 is 3.00 bits per heavy atom. The molecule has 13 heavy (non-hydrogen) atoms. The van der Waals surface area contributed by atoms with Crippen LogP contribution in [0.15, 0.2) is 11.7 Å². The third-order valence-electron chi connectivity index (χ3n) is 2.19. The summed E-state index contributed by atoms with van der Waals surface area (Å²) in [6.07, 6.45) is 3.27. The van der Waals surface area contributed by atoms with Crippen LogP contribution in [0, 0.1) is 0 Å². The molecule has 70 valence electrons. The number of hydrogen-bond donors (Lipinski definition) is 2. The van der Waals surface area contributed by atoms with Crippen LogP contribution in [0.5, 0.6) is 0 Å². The van der Waals surface area contributed by atoms with Crippen LogP contribution >= 0.6 is 11.3 Å². The predicted octanol–water partition coefficient (Wildman–Crippen LogP) is 0.398. The molecule has 1 aromatic heterocycles. The average Bonchev–Trinajstić information content (AvgIpc) is 2.69. The molecule has 0 saturated heterocycles. The Kier molecular flexibility index (Phi) is 2.05. The van der Waals surface area contributed by atoms with Gasteiger partial charge in [0, 0.05) is 0 Å². The molecule has 1 heterocycles. The van der Waals surface area contributed by atoms with E-state index in [0.29, 0.717) is 4.88 Å². The van der Waals surface area contributed by atoms with Gasteiger partial charge in [0.25, 0.3) is 5.91 Å². The van der Waals surface area contributed by atoms with Gasteiger partial charge >= 0.3 is 0 Å². The second kappa shape index (κ2) is 3.08. The first kappa shape index (κ1) is 8.65. The minimum Gasteiger partial charge on any atom is -0.394 e. The molecule has 1 aliphatic carbocycles. The van der Waals surface area contributed by atoms with Crippen LogP contribution < -0.4 is 5.32 Å². The van der Waals surface area contributed by atoms with Crippen molar-refractivity contribution in [3.8, 4) is 0 Å². The Morgan fingerprint density at radius 2 is 2.54 bits per heavy atom. The number of nitrogens with one attached hydrogen (secondary N) is 1. The van der Waals surface area contributed by atoms with Crippen molar-refractivity contribution >= 4 is 17.2 Å². The van der Waals surface area contributed by atoms with Gasteiger partial charge in [0.2, 0.25) is 0 Å². The molecule has 5 heteroatoms. The van der Waals surface area contributed by atoms with E-state index in [-0.39, 0.29) is 18.1 Å². The van der Waals surface area contributed by atoms with Crippen molar-refractivity contribution in [2.45, 2.75) is 18.4 Å². The molecule has 0 radical (unpaired) electrons. The first-order valence-electron chi connectivity index (χ1n) is 4.08. The summed E-state index contributed by atoms with van der Waals surface area (Å²) in [6, 6.07) is 0. The maximum absolute atomic E-state index is 11.5. The first-order valence-corrected chi connectivity index (χ1v) is 4.96. The maximum atomic E-state index is 11.5. The molecule has 1 amide bonds. The van der Waals surface area contributed by atoms with Crippen molar-refractivity contribution in [1.29, 1.82) is 0 Å². The normalized spacial score (nSPS) is 18.2. The number of aliphatic hydroxyl groups is 1. The summed E-state index contributed by atoms with van der Waals surface area (Å²) >= 11 is 1.31. The lowest BCUT2D eigenvalue weighted by atomic mass is 10.3. The van der Waals surface area contributed by atoms with Gasteiger partial charge in [-0.25, -0.2) is 0 Å². The molecule has 1 fully saturated rings. The van der Waals surface area contributed by atoms with Crippen molar-refractivity contribution in [1.82, 2.24) is 10.3 Å². The Balaban J connectivity index is 2.00. The fraction of sp³-hybridized carbons (Fsp3) is 0.500. The predicted molar refractivity (Wildman–Crippen MR) is 48.6 cm³/mol. The van der Waals surface area contributed by atoms with Gasteiger partial charge in [-0.2, -0.15) is 0 Å². The molecule has 1 aromatic rings. The van der Waals surface area contributed by atoms with E-state index in [1.165, 1.54) is 17.5 Å². The maximum Gasteiger partial charge on any atom is 0.263 e. The topological polar surface area (TPSA) is 62.2 Å². The summed E-state index contributed by atoms with van der Waals surface area (Å²) in [6.45, 7) is 0.0253.